The van der Waals surface area contributed by atoms with Crippen molar-refractivity contribution in [2.75, 3.05) is 0 Å². The van der Waals surface area contributed by atoms with E-state index in [1.165, 1.54) is 6.07 Å². The highest BCUT2D eigenvalue weighted by Gasteiger charge is 2.05. The van der Waals surface area contributed by atoms with Crippen LogP contribution >= 0.6 is 11.6 Å². The predicted molar refractivity (Wildman–Crippen MR) is 56.6 cm³/mol. The first kappa shape index (κ1) is 12.0. The minimum atomic E-state index is -0.805. The Kier molecular flexibility index (Phi) is 4.56. The average Bonchev–Trinajstić information content (AvgIpc) is 2.18. The van der Waals surface area contributed by atoms with Gasteiger partial charge in [-0.3, -0.25) is 4.79 Å². The first-order valence-electron chi connectivity index (χ1n) is 4.76. The smallest absolute Gasteiger partial charge is 0.303 e. The number of hydrogen-bond acceptors (Lipinski definition) is 1. The maximum atomic E-state index is 13.0. The standard InChI is InChI=1S/C11H12ClFO2/c12-11-8(5-3-6-9(11)13)4-1-2-7-10(14)15/h3,5-6H,1-2,4,7H2,(H,14,15). The highest BCUT2D eigenvalue weighted by molar-refractivity contribution is 6.31. The van der Waals surface area contributed by atoms with Gasteiger partial charge in [-0.25, -0.2) is 4.39 Å². The van der Waals surface area contributed by atoms with Crippen LogP contribution < -0.4 is 0 Å². The Morgan fingerprint density at radius 3 is 2.80 bits per heavy atom. The predicted octanol–water partition coefficient (Wildman–Crippen LogP) is 3.28. The van der Waals surface area contributed by atoms with E-state index in [9.17, 15) is 9.18 Å². The number of halogens is 2. The summed E-state index contributed by atoms with van der Waals surface area (Å²) in [6.07, 6.45) is 2.05. The molecule has 0 atom stereocenters. The summed E-state index contributed by atoms with van der Waals surface area (Å²) in [5, 5.41) is 8.57. The third-order valence-electron chi connectivity index (χ3n) is 2.12. The number of carboxylic acids is 1. The first-order valence-corrected chi connectivity index (χ1v) is 5.13. The summed E-state index contributed by atoms with van der Waals surface area (Å²) < 4.78 is 13.0. The van der Waals surface area contributed by atoms with Crippen LogP contribution in [0.3, 0.4) is 0 Å². The summed E-state index contributed by atoms with van der Waals surface area (Å²) in [6.45, 7) is 0. The molecule has 4 heteroatoms. The molecule has 1 rings (SSSR count). The number of carboxylic acid groups (broad SMARTS) is 1. The van der Waals surface area contributed by atoms with Crippen LogP contribution in [0.4, 0.5) is 4.39 Å². The van der Waals surface area contributed by atoms with E-state index in [1.807, 2.05) is 0 Å². The molecule has 0 spiro atoms. The van der Waals surface area contributed by atoms with Gasteiger partial charge in [0.25, 0.3) is 0 Å². The van der Waals surface area contributed by atoms with E-state index in [0.29, 0.717) is 19.3 Å². The number of benzene rings is 1. The number of rotatable bonds is 5. The number of aryl methyl sites for hydroxylation is 1. The molecule has 0 saturated heterocycles. The lowest BCUT2D eigenvalue weighted by Crippen LogP contribution is -1.95. The molecule has 0 amide bonds. The average molecular weight is 231 g/mol. The van der Waals surface area contributed by atoms with Crippen molar-refractivity contribution in [2.45, 2.75) is 25.7 Å². The number of aliphatic carboxylic acids is 1. The second kappa shape index (κ2) is 5.71. The largest absolute Gasteiger partial charge is 0.481 e. The van der Waals surface area contributed by atoms with Gasteiger partial charge in [0.15, 0.2) is 0 Å². The Hall–Kier alpha value is -1.09. The van der Waals surface area contributed by atoms with Gasteiger partial charge in [-0.05, 0) is 30.9 Å². The number of carbonyl (C=O) groups is 1. The van der Waals surface area contributed by atoms with E-state index < -0.39 is 11.8 Å². The van der Waals surface area contributed by atoms with Crippen LogP contribution in [0.25, 0.3) is 0 Å². The molecule has 1 N–H and O–H groups in total. The lowest BCUT2D eigenvalue weighted by Gasteiger charge is -2.03. The van der Waals surface area contributed by atoms with Crippen molar-refractivity contribution in [3.63, 3.8) is 0 Å². The molecule has 1 aromatic carbocycles. The Balaban J connectivity index is 2.44. The monoisotopic (exact) mass is 230 g/mol. The van der Waals surface area contributed by atoms with Gasteiger partial charge in [0.2, 0.25) is 0 Å². The Morgan fingerprint density at radius 2 is 2.13 bits per heavy atom. The quantitative estimate of drug-likeness (QED) is 0.789. The Bertz CT molecular complexity index is 352. The zero-order valence-electron chi connectivity index (χ0n) is 8.17. The summed E-state index contributed by atoms with van der Waals surface area (Å²) in [6, 6.07) is 4.67. The van der Waals surface area contributed by atoms with Gasteiger partial charge in [-0.15, -0.1) is 0 Å². The molecule has 2 nitrogen and oxygen atoms in total. The minimum Gasteiger partial charge on any atom is -0.481 e. The van der Waals surface area contributed by atoms with Gasteiger partial charge in [0, 0.05) is 6.42 Å². The van der Waals surface area contributed by atoms with Gasteiger partial charge >= 0.3 is 5.97 Å². The van der Waals surface area contributed by atoms with E-state index in [1.54, 1.807) is 12.1 Å². The van der Waals surface area contributed by atoms with Crippen molar-refractivity contribution in [3.05, 3.63) is 34.6 Å². The molecule has 0 saturated carbocycles. The zero-order chi connectivity index (χ0) is 11.3. The van der Waals surface area contributed by atoms with E-state index >= 15 is 0 Å². The fourth-order valence-corrected chi connectivity index (χ4v) is 1.55. The van der Waals surface area contributed by atoms with Crippen LogP contribution in [0, 0.1) is 5.82 Å². The maximum Gasteiger partial charge on any atom is 0.303 e. The summed E-state index contributed by atoms with van der Waals surface area (Å²) >= 11 is 5.74. The van der Waals surface area contributed by atoms with Crippen LogP contribution in [0.2, 0.25) is 5.02 Å². The molecular weight excluding hydrogens is 219 g/mol. The molecule has 0 unspecified atom stereocenters. The second-order valence-electron chi connectivity index (χ2n) is 3.31. The molecule has 0 aliphatic carbocycles. The molecular formula is C11H12ClFO2. The van der Waals surface area contributed by atoms with E-state index in [-0.39, 0.29) is 11.4 Å². The lowest BCUT2D eigenvalue weighted by atomic mass is 10.1. The van der Waals surface area contributed by atoms with Crippen molar-refractivity contribution >= 4 is 17.6 Å². The summed E-state index contributed by atoms with van der Waals surface area (Å²) in [7, 11) is 0. The van der Waals surface area contributed by atoms with E-state index in [4.69, 9.17) is 16.7 Å². The van der Waals surface area contributed by atoms with Crippen molar-refractivity contribution in [1.82, 2.24) is 0 Å². The van der Waals surface area contributed by atoms with Crippen LogP contribution in [0.1, 0.15) is 24.8 Å². The van der Waals surface area contributed by atoms with Crippen LogP contribution in [-0.2, 0) is 11.2 Å². The van der Waals surface area contributed by atoms with Crippen molar-refractivity contribution in [3.8, 4) is 0 Å². The molecule has 0 heterocycles. The topological polar surface area (TPSA) is 37.3 Å². The molecule has 82 valence electrons. The number of unbranched alkanes of at least 4 members (excludes halogenated alkanes) is 1. The third-order valence-corrected chi connectivity index (χ3v) is 2.54. The molecule has 0 bridgehead atoms. The molecule has 15 heavy (non-hydrogen) atoms. The molecule has 0 aliphatic rings. The summed E-state index contributed by atoms with van der Waals surface area (Å²) in [5.74, 6) is -1.23. The van der Waals surface area contributed by atoms with Crippen molar-refractivity contribution < 1.29 is 14.3 Å². The second-order valence-corrected chi connectivity index (χ2v) is 3.69. The SMILES string of the molecule is O=C(O)CCCCc1cccc(F)c1Cl. The van der Waals surface area contributed by atoms with E-state index in [2.05, 4.69) is 0 Å². The van der Waals surface area contributed by atoms with E-state index in [0.717, 1.165) is 5.56 Å². The van der Waals surface area contributed by atoms with Gasteiger partial charge < -0.3 is 5.11 Å². The molecule has 1 aromatic rings. The lowest BCUT2D eigenvalue weighted by molar-refractivity contribution is -0.137. The fourth-order valence-electron chi connectivity index (χ4n) is 1.33. The van der Waals surface area contributed by atoms with Crippen LogP contribution in [-0.4, -0.2) is 11.1 Å². The molecule has 0 radical (unpaired) electrons. The van der Waals surface area contributed by atoms with Crippen molar-refractivity contribution in [2.24, 2.45) is 0 Å². The fraction of sp³-hybridized carbons (Fsp3) is 0.364. The zero-order valence-corrected chi connectivity index (χ0v) is 8.93. The van der Waals surface area contributed by atoms with Crippen LogP contribution in [0.5, 0.6) is 0 Å². The number of hydrogen-bond donors (Lipinski definition) is 1. The molecule has 0 aliphatic heterocycles. The Morgan fingerprint density at radius 1 is 1.40 bits per heavy atom. The molecule has 0 aromatic heterocycles. The van der Waals surface area contributed by atoms with Gasteiger partial charge in [-0.1, -0.05) is 23.7 Å². The minimum absolute atomic E-state index is 0.146. The summed E-state index contributed by atoms with van der Waals surface area (Å²) in [4.78, 5) is 10.2. The van der Waals surface area contributed by atoms with Gasteiger partial charge in [0.05, 0.1) is 5.02 Å². The first-order chi connectivity index (χ1) is 7.11. The van der Waals surface area contributed by atoms with Crippen LogP contribution in [0.15, 0.2) is 18.2 Å². The highest BCUT2D eigenvalue weighted by Crippen LogP contribution is 2.21. The van der Waals surface area contributed by atoms with Gasteiger partial charge in [0.1, 0.15) is 5.82 Å². The van der Waals surface area contributed by atoms with Gasteiger partial charge in [-0.2, -0.15) is 0 Å². The Labute approximate surface area is 92.7 Å². The summed E-state index contributed by atoms with van der Waals surface area (Å²) in [5.41, 5.74) is 0.738. The highest BCUT2D eigenvalue weighted by atomic mass is 35.5. The third kappa shape index (κ3) is 3.88. The normalized spacial score (nSPS) is 10.3. The maximum absolute atomic E-state index is 13.0. The molecule has 0 fully saturated rings. The van der Waals surface area contributed by atoms with Crippen molar-refractivity contribution in [1.29, 1.82) is 0 Å².